The Hall–Kier alpha value is -0.570. The van der Waals surface area contributed by atoms with Crippen LogP contribution in [0.4, 0.5) is 0 Å². The molecule has 120 valence electrons. The number of aliphatic hydroxyl groups is 1. The van der Waals surface area contributed by atoms with Crippen LogP contribution in [0.1, 0.15) is 72.6 Å². The van der Waals surface area contributed by atoms with Gasteiger partial charge in [-0.15, -0.1) is 0 Å². The molecule has 1 N–H and O–H groups in total. The lowest BCUT2D eigenvalue weighted by Crippen LogP contribution is -2.58. The summed E-state index contributed by atoms with van der Waals surface area (Å²) in [6.45, 7) is 8.81. The quantitative estimate of drug-likeness (QED) is 0.693. The van der Waals surface area contributed by atoms with Crippen LogP contribution in [0.5, 0.6) is 0 Å². The Bertz CT molecular complexity index is 444. The number of aliphatic hydroxyl groups excluding tert-OH is 1. The first kappa shape index (κ1) is 15.3. The van der Waals surface area contributed by atoms with E-state index in [1.165, 1.54) is 6.42 Å². The molecule has 2 saturated carbocycles. The highest BCUT2D eigenvalue weighted by Gasteiger charge is 2.61. The number of ether oxygens (including phenoxy) is 1. The van der Waals surface area contributed by atoms with Gasteiger partial charge >= 0.3 is 5.97 Å². The van der Waals surface area contributed by atoms with E-state index in [0.29, 0.717) is 18.3 Å². The molecule has 0 spiro atoms. The van der Waals surface area contributed by atoms with Gasteiger partial charge in [-0.3, -0.25) is 4.79 Å². The summed E-state index contributed by atoms with van der Waals surface area (Å²) >= 11 is 0. The number of rotatable bonds is 0. The maximum atomic E-state index is 12.0. The maximum absolute atomic E-state index is 12.0. The van der Waals surface area contributed by atoms with Gasteiger partial charge in [0, 0.05) is 12.3 Å². The van der Waals surface area contributed by atoms with Crippen molar-refractivity contribution >= 4 is 5.97 Å². The molecule has 0 aromatic rings. The van der Waals surface area contributed by atoms with Gasteiger partial charge in [-0.25, -0.2) is 0 Å². The van der Waals surface area contributed by atoms with Gasteiger partial charge in [0.15, 0.2) is 0 Å². The third kappa shape index (κ3) is 2.15. The van der Waals surface area contributed by atoms with Crippen molar-refractivity contribution in [1.82, 2.24) is 0 Å². The van der Waals surface area contributed by atoms with E-state index in [1.54, 1.807) is 0 Å². The molecule has 3 aliphatic rings. The fraction of sp³-hybridized carbons (Fsp3) is 0.944. The number of hydrogen-bond acceptors (Lipinski definition) is 3. The first-order valence-electron chi connectivity index (χ1n) is 8.60. The van der Waals surface area contributed by atoms with E-state index in [-0.39, 0.29) is 28.5 Å². The standard InChI is InChI=1S/C18H30O3/c1-16(2)12-8-10-18(4)13(6-5-7-14(18)19)17(12,3)11-9-15(20)21-16/h12-14,19H,5-11H2,1-4H3/t12-,13+,14+,17-,18+/m0/s1. The molecule has 0 aromatic heterocycles. The van der Waals surface area contributed by atoms with E-state index in [2.05, 4.69) is 27.7 Å². The van der Waals surface area contributed by atoms with Crippen LogP contribution in [-0.2, 0) is 9.53 Å². The second-order valence-electron chi connectivity index (χ2n) is 8.68. The zero-order valence-corrected chi connectivity index (χ0v) is 13.9. The van der Waals surface area contributed by atoms with E-state index in [1.807, 2.05) is 0 Å². The molecule has 0 unspecified atom stereocenters. The first-order valence-corrected chi connectivity index (χ1v) is 8.60. The van der Waals surface area contributed by atoms with E-state index in [9.17, 15) is 9.90 Å². The zero-order valence-electron chi connectivity index (χ0n) is 13.9. The fourth-order valence-corrected chi connectivity index (χ4v) is 6.14. The van der Waals surface area contributed by atoms with Crippen molar-refractivity contribution in [2.24, 2.45) is 22.7 Å². The SMILES string of the molecule is CC1(C)OC(=O)CC[C@]2(C)[C@H]3CCC[C@@H](O)[C@]3(C)CC[C@@H]12. The van der Waals surface area contributed by atoms with Crippen molar-refractivity contribution in [3.8, 4) is 0 Å². The van der Waals surface area contributed by atoms with E-state index < -0.39 is 0 Å². The van der Waals surface area contributed by atoms with Gasteiger partial charge in [0.05, 0.1) is 6.10 Å². The van der Waals surface area contributed by atoms with Crippen molar-refractivity contribution in [3.63, 3.8) is 0 Å². The Morgan fingerprint density at radius 3 is 2.43 bits per heavy atom. The molecule has 2 aliphatic carbocycles. The highest BCUT2D eigenvalue weighted by Crippen LogP contribution is 2.64. The molecule has 0 bridgehead atoms. The predicted molar refractivity (Wildman–Crippen MR) is 81.7 cm³/mol. The third-order valence-electron chi connectivity index (χ3n) is 7.18. The fourth-order valence-electron chi connectivity index (χ4n) is 6.14. The first-order chi connectivity index (χ1) is 9.70. The average molecular weight is 294 g/mol. The number of carbonyl (C=O) groups is 1. The summed E-state index contributed by atoms with van der Waals surface area (Å²) in [5.74, 6) is 0.856. The lowest BCUT2D eigenvalue weighted by molar-refractivity contribution is -0.187. The zero-order chi connectivity index (χ0) is 15.5. The molecular formula is C18H30O3. The van der Waals surface area contributed by atoms with Crippen molar-refractivity contribution in [2.45, 2.75) is 84.3 Å². The highest BCUT2D eigenvalue weighted by atomic mass is 16.6. The van der Waals surface area contributed by atoms with Crippen LogP contribution >= 0.6 is 0 Å². The highest BCUT2D eigenvalue weighted by molar-refractivity contribution is 5.70. The van der Waals surface area contributed by atoms with Crippen LogP contribution in [0.25, 0.3) is 0 Å². The summed E-state index contributed by atoms with van der Waals surface area (Å²) in [7, 11) is 0. The van der Waals surface area contributed by atoms with Gasteiger partial charge < -0.3 is 9.84 Å². The van der Waals surface area contributed by atoms with Crippen LogP contribution in [0, 0.1) is 22.7 Å². The van der Waals surface area contributed by atoms with Gasteiger partial charge in [0.1, 0.15) is 5.60 Å². The number of cyclic esters (lactones) is 1. The topological polar surface area (TPSA) is 46.5 Å². The smallest absolute Gasteiger partial charge is 0.306 e. The van der Waals surface area contributed by atoms with Crippen LogP contribution in [0.2, 0.25) is 0 Å². The minimum Gasteiger partial charge on any atom is -0.459 e. The molecule has 3 rings (SSSR count). The van der Waals surface area contributed by atoms with Crippen molar-refractivity contribution in [2.75, 3.05) is 0 Å². The predicted octanol–water partition coefficient (Wildman–Crippen LogP) is 3.69. The van der Waals surface area contributed by atoms with Crippen molar-refractivity contribution in [3.05, 3.63) is 0 Å². The van der Waals surface area contributed by atoms with Gasteiger partial charge in [-0.2, -0.15) is 0 Å². The molecule has 5 atom stereocenters. The molecule has 0 aromatic carbocycles. The Kier molecular flexibility index (Phi) is 3.44. The minimum atomic E-state index is -0.383. The van der Waals surface area contributed by atoms with E-state index in [4.69, 9.17) is 4.74 Å². The van der Waals surface area contributed by atoms with E-state index in [0.717, 1.165) is 32.1 Å². The summed E-state index contributed by atoms with van der Waals surface area (Å²) in [6, 6.07) is 0. The van der Waals surface area contributed by atoms with Crippen LogP contribution in [0.15, 0.2) is 0 Å². The Morgan fingerprint density at radius 2 is 1.71 bits per heavy atom. The number of hydrogen-bond donors (Lipinski definition) is 1. The van der Waals surface area contributed by atoms with Crippen LogP contribution in [-0.4, -0.2) is 22.8 Å². The maximum Gasteiger partial charge on any atom is 0.306 e. The van der Waals surface area contributed by atoms with Crippen LogP contribution < -0.4 is 0 Å². The van der Waals surface area contributed by atoms with Crippen LogP contribution in [0.3, 0.4) is 0 Å². The van der Waals surface area contributed by atoms with Crippen molar-refractivity contribution < 1.29 is 14.6 Å². The Morgan fingerprint density at radius 1 is 1.00 bits per heavy atom. The molecule has 3 heteroatoms. The Balaban J connectivity index is 2.02. The van der Waals surface area contributed by atoms with Gasteiger partial charge in [-0.05, 0) is 62.7 Å². The molecule has 1 aliphatic heterocycles. The lowest BCUT2D eigenvalue weighted by Gasteiger charge is -2.61. The Labute approximate surface area is 128 Å². The normalized spacial score (nSPS) is 49.6. The summed E-state index contributed by atoms with van der Waals surface area (Å²) in [4.78, 5) is 12.0. The summed E-state index contributed by atoms with van der Waals surface area (Å²) in [5.41, 5.74) is -0.261. The lowest BCUT2D eigenvalue weighted by atomic mass is 9.44. The number of esters is 1. The second kappa shape index (κ2) is 4.71. The van der Waals surface area contributed by atoms with Crippen molar-refractivity contribution in [1.29, 1.82) is 0 Å². The summed E-state index contributed by atoms with van der Waals surface area (Å²) < 4.78 is 5.77. The minimum absolute atomic E-state index is 0.0208. The average Bonchev–Trinajstić information content (AvgIpc) is 2.46. The summed E-state index contributed by atoms with van der Waals surface area (Å²) in [5, 5.41) is 10.6. The molecule has 3 nitrogen and oxygen atoms in total. The molecule has 0 amide bonds. The van der Waals surface area contributed by atoms with Gasteiger partial charge in [0.25, 0.3) is 0 Å². The molecule has 0 radical (unpaired) electrons. The molecule has 21 heavy (non-hydrogen) atoms. The van der Waals surface area contributed by atoms with Gasteiger partial charge in [0.2, 0.25) is 0 Å². The third-order valence-corrected chi connectivity index (χ3v) is 7.18. The number of carbonyl (C=O) groups excluding carboxylic acids is 1. The molecule has 3 fully saturated rings. The molecule has 1 saturated heterocycles. The summed E-state index contributed by atoms with van der Waals surface area (Å²) in [6.07, 6.45) is 6.60. The number of fused-ring (bicyclic) bond motifs is 3. The largest absolute Gasteiger partial charge is 0.459 e. The second-order valence-corrected chi connectivity index (χ2v) is 8.68. The molecule has 1 heterocycles. The van der Waals surface area contributed by atoms with E-state index >= 15 is 0 Å². The monoisotopic (exact) mass is 294 g/mol. The van der Waals surface area contributed by atoms with Gasteiger partial charge in [-0.1, -0.05) is 20.3 Å². The molecular weight excluding hydrogens is 264 g/mol.